The van der Waals surface area contributed by atoms with Gasteiger partial charge in [-0.05, 0) is 43.3 Å². The zero-order valence-electron chi connectivity index (χ0n) is 11.1. The van der Waals surface area contributed by atoms with Gasteiger partial charge in [-0.15, -0.1) is 11.8 Å². The average molecular weight is 262 g/mol. The van der Waals surface area contributed by atoms with Crippen LogP contribution in [-0.4, -0.2) is 48.3 Å². The number of hydrogen-bond acceptors (Lipinski definition) is 3. The Kier molecular flexibility index (Phi) is 3.92. The van der Waals surface area contributed by atoms with E-state index in [0.29, 0.717) is 0 Å². The van der Waals surface area contributed by atoms with Gasteiger partial charge in [-0.25, -0.2) is 0 Å². The SMILES string of the molecule is CSc1cccc(CN2CCN3CCCC3C2)c1. The maximum atomic E-state index is 2.68. The van der Waals surface area contributed by atoms with Crippen LogP contribution in [0.3, 0.4) is 0 Å². The van der Waals surface area contributed by atoms with Crippen LogP contribution in [0.5, 0.6) is 0 Å². The highest BCUT2D eigenvalue weighted by Crippen LogP contribution is 2.23. The number of rotatable bonds is 3. The monoisotopic (exact) mass is 262 g/mol. The molecule has 3 rings (SSSR count). The van der Waals surface area contributed by atoms with E-state index in [4.69, 9.17) is 0 Å². The molecule has 0 spiro atoms. The van der Waals surface area contributed by atoms with Crippen molar-refractivity contribution in [3.8, 4) is 0 Å². The molecule has 0 radical (unpaired) electrons. The number of thioether (sulfide) groups is 1. The molecule has 0 aromatic heterocycles. The Bertz CT molecular complexity index is 407. The minimum Gasteiger partial charge on any atom is -0.298 e. The van der Waals surface area contributed by atoms with Gasteiger partial charge in [0, 0.05) is 37.1 Å². The fourth-order valence-corrected chi connectivity index (χ4v) is 3.71. The number of benzene rings is 1. The third-order valence-electron chi connectivity index (χ3n) is 4.21. The summed E-state index contributed by atoms with van der Waals surface area (Å²) in [7, 11) is 0. The Hall–Kier alpha value is -0.510. The minimum atomic E-state index is 0.836. The van der Waals surface area contributed by atoms with E-state index in [1.165, 1.54) is 49.5 Å². The van der Waals surface area contributed by atoms with E-state index >= 15 is 0 Å². The summed E-state index contributed by atoms with van der Waals surface area (Å²) in [5.74, 6) is 0. The van der Waals surface area contributed by atoms with Gasteiger partial charge >= 0.3 is 0 Å². The van der Waals surface area contributed by atoms with Crippen LogP contribution in [0.4, 0.5) is 0 Å². The Labute approximate surface area is 114 Å². The van der Waals surface area contributed by atoms with Gasteiger partial charge in [-0.2, -0.15) is 0 Å². The Morgan fingerprint density at radius 1 is 1.28 bits per heavy atom. The topological polar surface area (TPSA) is 6.48 Å². The minimum absolute atomic E-state index is 0.836. The molecule has 2 fully saturated rings. The van der Waals surface area contributed by atoms with Crippen LogP contribution in [0.2, 0.25) is 0 Å². The maximum absolute atomic E-state index is 2.68. The summed E-state index contributed by atoms with van der Waals surface area (Å²) in [6.45, 7) is 6.23. The third kappa shape index (κ3) is 2.73. The van der Waals surface area contributed by atoms with Crippen molar-refractivity contribution in [1.82, 2.24) is 9.80 Å². The average Bonchev–Trinajstić information content (AvgIpc) is 2.86. The second-order valence-corrected chi connectivity index (χ2v) is 6.30. The van der Waals surface area contributed by atoms with Gasteiger partial charge in [0.25, 0.3) is 0 Å². The largest absolute Gasteiger partial charge is 0.298 e. The molecule has 0 N–H and O–H groups in total. The van der Waals surface area contributed by atoms with Crippen molar-refractivity contribution < 1.29 is 0 Å². The summed E-state index contributed by atoms with van der Waals surface area (Å²) in [5.41, 5.74) is 1.47. The zero-order valence-corrected chi connectivity index (χ0v) is 12.0. The van der Waals surface area contributed by atoms with Crippen molar-refractivity contribution in [2.75, 3.05) is 32.4 Å². The standard InChI is InChI=1S/C15H22N2S/c1-18-15-6-2-4-13(10-15)11-16-8-9-17-7-3-5-14(17)12-16/h2,4,6,10,14H,3,5,7-9,11-12H2,1H3. The molecule has 2 saturated heterocycles. The van der Waals surface area contributed by atoms with E-state index in [1.807, 2.05) is 11.8 Å². The quantitative estimate of drug-likeness (QED) is 0.773. The summed E-state index contributed by atoms with van der Waals surface area (Å²) >= 11 is 1.83. The lowest BCUT2D eigenvalue weighted by Crippen LogP contribution is -2.49. The van der Waals surface area contributed by atoms with Gasteiger partial charge in [-0.1, -0.05) is 12.1 Å². The number of piperazine rings is 1. The summed E-state index contributed by atoms with van der Waals surface area (Å²) in [5, 5.41) is 0. The van der Waals surface area contributed by atoms with Crippen molar-refractivity contribution in [3.63, 3.8) is 0 Å². The fraction of sp³-hybridized carbons (Fsp3) is 0.600. The lowest BCUT2D eigenvalue weighted by Gasteiger charge is -2.37. The van der Waals surface area contributed by atoms with Crippen LogP contribution in [0.1, 0.15) is 18.4 Å². The first kappa shape index (κ1) is 12.5. The zero-order chi connectivity index (χ0) is 12.4. The Morgan fingerprint density at radius 3 is 3.11 bits per heavy atom. The lowest BCUT2D eigenvalue weighted by molar-refractivity contribution is 0.0993. The van der Waals surface area contributed by atoms with E-state index in [0.717, 1.165) is 12.6 Å². The van der Waals surface area contributed by atoms with Gasteiger partial charge in [0.05, 0.1) is 0 Å². The first-order valence-corrected chi connectivity index (χ1v) is 8.17. The normalized spacial score (nSPS) is 25.3. The molecule has 0 amide bonds. The molecular weight excluding hydrogens is 240 g/mol. The van der Waals surface area contributed by atoms with Gasteiger partial charge in [0.1, 0.15) is 0 Å². The highest BCUT2D eigenvalue weighted by atomic mass is 32.2. The number of hydrogen-bond donors (Lipinski definition) is 0. The fourth-order valence-electron chi connectivity index (χ4n) is 3.23. The maximum Gasteiger partial charge on any atom is 0.0235 e. The smallest absolute Gasteiger partial charge is 0.0235 e. The molecule has 1 unspecified atom stereocenters. The van der Waals surface area contributed by atoms with E-state index in [1.54, 1.807) is 0 Å². The van der Waals surface area contributed by atoms with Gasteiger partial charge in [0.2, 0.25) is 0 Å². The third-order valence-corrected chi connectivity index (χ3v) is 4.94. The molecule has 2 heterocycles. The number of fused-ring (bicyclic) bond motifs is 1. The molecule has 0 bridgehead atoms. The molecule has 1 atom stereocenters. The summed E-state index contributed by atoms with van der Waals surface area (Å²) < 4.78 is 0. The predicted molar refractivity (Wildman–Crippen MR) is 78.1 cm³/mol. The molecular formula is C15H22N2S. The van der Waals surface area contributed by atoms with Crippen LogP contribution in [-0.2, 0) is 6.54 Å². The van der Waals surface area contributed by atoms with Gasteiger partial charge < -0.3 is 0 Å². The van der Waals surface area contributed by atoms with E-state index in [2.05, 4.69) is 40.3 Å². The van der Waals surface area contributed by atoms with E-state index in [9.17, 15) is 0 Å². The highest BCUT2D eigenvalue weighted by molar-refractivity contribution is 7.98. The van der Waals surface area contributed by atoms with Crippen molar-refractivity contribution in [3.05, 3.63) is 29.8 Å². The molecule has 0 saturated carbocycles. The molecule has 2 aliphatic rings. The second kappa shape index (κ2) is 5.64. The summed E-state index contributed by atoms with van der Waals surface area (Å²) in [6, 6.07) is 9.82. The van der Waals surface area contributed by atoms with Crippen LogP contribution >= 0.6 is 11.8 Å². The second-order valence-electron chi connectivity index (χ2n) is 5.42. The molecule has 0 aliphatic carbocycles. The van der Waals surface area contributed by atoms with Crippen molar-refractivity contribution in [2.24, 2.45) is 0 Å². The first-order valence-electron chi connectivity index (χ1n) is 6.94. The van der Waals surface area contributed by atoms with Crippen molar-refractivity contribution in [1.29, 1.82) is 0 Å². The first-order chi connectivity index (χ1) is 8.85. The molecule has 2 nitrogen and oxygen atoms in total. The van der Waals surface area contributed by atoms with E-state index < -0.39 is 0 Å². The van der Waals surface area contributed by atoms with Crippen LogP contribution in [0, 0.1) is 0 Å². The number of nitrogens with zero attached hydrogens (tertiary/aromatic N) is 2. The summed E-state index contributed by atoms with van der Waals surface area (Å²) in [6.07, 6.45) is 4.96. The molecule has 1 aromatic rings. The summed E-state index contributed by atoms with van der Waals surface area (Å²) in [4.78, 5) is 6.69. The van der Waals surface area contributed by atoms with Crippen LogP contribution in [0.15, 0.2) is 29.2 Å². The lowest BCUT2D eigenvalue weighted by atomic mass is 10.1. The highest BCUT2D eigenvalue weighted by Gasteiger charge is 2.30. The molecule has 2 aliphatic heterocycles. The molecule has 98 valence electrons. The van der Waals surface area contributed by atoms with Crippen LogP contribution in [0.25, 0.3) is 0 Å². The van der Waals surface area contributed by atoms with E-state index in [-0.39, 0.29) is 0 Å². The Balaban J connectivity index is 1.62. The van der Waals surface area contributed by atoms with Crippen molar-refractivity contribution >= 4 is 11.8 Å². The molecule has 18 heavy (non-hydrogen) atoms. The van der Waals surface area contributed by atoms with Gasteiger partial charge in [0.15, 0.2) is 0 Å². The van der Waals surface area contributed by atoms with Gasteiger partial charge in [-0.3, -0.25) is 9.80 Å². The van der Waals surface area contributed by atoms with Crippen LogP contribution < -0.4 is 0 Å². The molecule has 3 heteroatoms. The molecule has 1 aromatic carbocycles. The van der Waals surface area contributed by atoms with Crippen molar-refractivity contribution in [2.45, 2.75) is 30.3 Å². The predicted octanol–water partition coefficient (Wildman–Crippen LogP) is 2.69. The Morgan fingerprint density at radius 2 is 2.22 bits per heavy atom.